The molecule has 0 saturated carbocycles. The van der Waals surface area contributed by atoms with Crippen LogP contribution < -0.4 is 0 Å². The van der Waals surface area contributed by atoms with Gasteiger partial charge in [-0.05, 0) is 30.5 Å². The van der Waals surface area contributed by atoms with Gasteiger partial charge in [0.1, 0.15) is 0 Å². The molecule has 3 nitrogen and oxygen atoms in total. The first-order valence-electron chi connectivity index (χ1n) is 4.55. The van der Waals surface area contributed by atoms with Crippen molar-refractivity contribution in [1.82, 2.24) is 0 Å². The van der Waals surface area contributed by atoms with E-state index in [-0.39, 0.29) is 0 Å². The lowest BCUT2D eigenvalue weighted by Crippen LogP contribution is -1.97. The first-order valence-corrected chi connectivity index (χ1v) is 4.55. The van der Waals surface area contributed by atoms with E-state index in [1.807, 2.05) is 12.1 Å². The van der Waals surface area contributed by atoms with E-state index in [9.17, 15) is 4.79 Å². The van der Waals surface area contributed by atoms with E-state index in [4.69, 9.17) is 9.84 Å². The molecular weight excluding hydrogens is 180 g/mol. The number of carbonyl (C=O) groups is 1. The zero-order valence-corrected chi connectivity index (χ0v) is 8.19. The van der Waals surface area contributed by atoms with E-state index in [1.165, 1.54) is 0 Å². The van der Waals surface area contributed by atoms with Crippen LogP contribution >= 0.6 is 0 Å². The maximum atomic E-state index is 10.6. The number of methoxy groups -OCH3 is 1. The summed E-state index contributed by atoms with van der Waals surface area (Å²) in [5, 5.41) is 8.67. The third-order valence-electron chi connectivity index (χ3n) is 2.01. The molecule has 14 heavy (non-hydrogen) atoms. The second-order valence-electron chi connectivity index (χ2n) is 3.10. The Balaban J connectivity index is 2.51. The molecule has 0 aromatic heterocycles. The van der Waals surface area contributed by atoms with E-state index < -0.39 is 5.97 Å². The van der Waals surface area contributed by atoms with Gasteiger partial charge in [-0.25, -0.2) is 4.79 Å². The SMILES string of the molecule is COCCCc1ccc(C(=O)O)cc1. The summed E-state index contributed by atoms with van der Waals surface area (Å²) in [6, 6.07) is 6.95. The quantitative estimate of drug-likeness (QED) is 0.729. The lowest BCUT2D eigenvalue weighted by Gasteiger charge is -2.01. The molecular formula is C11H14O3. The van der Waals surface area contributed by atoms with Crippen LogP contribution in [-0.2, 0) is 11.2 Å². The first kappa shape index (κ1) is 10.7. The second kappa shape index (κ2) is 5.40. The van der Waals surface area contributed by atoms with Crippen LogP contribution in [0.5, 0.6) is 0 Å². The average Bonchev–Trinajstić information content (AvgIpc) is 2.19. The molecule has 0 atom stereocenters. The smallest absolute Gasteiger partial charge is 0.335 e. The van der Waals surface area contributed by atoms with Crippen molar-refractivity contribution in [2.75, 3.05) is 13.7 Å². The summed E-state index contributed by atoms with van der Waals surface area (Å²) in [6.07, 6.45) is 1.89. The van der Waals surface area contributed by atoms with Crippen molar-refractivity contribution in [2.24, 2.45) is 0 Å². The molecule has 76 valence electrons. The molecule has 1 aromatic rings. The Hall–Kier alpha value is -1.35. The van der Waals surface area contributed by atoms with Crippen LogP contribution in [0, 0.1) is 0 Å². The van der Waals surface area contributed by atoms with Gasteiger partial charge in [0.2, 0.25) is 0 Å². The van der Waals surface area contributed by atoms with Gasteiger partial charge in [-0.3, -0.25) is 0 Å². The van der Waals surface area contributed by atoms with Crippen molar-refractivity contribution in [2.45, 2.75) is 12.8 Å². The van der Waals surface area contributed by atoms with E-state index in [0.29, 0.717) is 5.56 Å². The number of benzene rings is 1. The second-order valence-corrected chi connectivity index (χ2v) is 3.10. The Morgan fingerprint density at radius 3 is 2.50 bits per heavy atom. The molecule has 0 unspecified atom stereocenters. The Bertz CT molecular complexity index is 290. The van der Waals surface area contributed by atoms with Gasteiger partial charge in [-0.15, -0.1) is 0 Å². The highest BCUT2D eigenvalue weighted by atomic mass is 16.5. The highest BCUT2D eigenvalue weighted by Gasteiger charge is 2.01. The molecule has 0 aliphatic carbocycles. The van der Waals surface area contributed by atoms with Crippen LogP contribution in [0.2, 0.25) is 0 Å². The zero-order valence-electron chi connectivity index (χ0n) is 8.19. The van der Waals surface area contributed by atoms with Gasteiger partial charge in [0.05, 0.1) is 5.56 Å². The van der Waals surface area contributed by atoms with Crippen LogP contribution in [-0.4, -0.2) is 24.8 Å². The third kappa shape index (κ3) is 3.18. The predicted octanol–water partition coefficient (Wildman–Crippen LogP) is 1.96. The summed E-state index contributed by atoms with van der Waals surface area (Å²) in [5.74, 6) is -0.881. The van der Waals surface area contributed by atoms with Gasteiger partial charge >= 0.3 is 5.97 Å². The minimum Gasteiger partial charge on any atom is -0.478 e. The number of rotatable bonds is 5. The normalized spacial score (nSPS) is 10.1. The fourth-order valence-electron chi connectivity index (χ4n) is 1.23. The van der Waals surface area contributed by atoms with Crippen LogP contribution in [0.25, 0.3) is 0 Å². The van der Waals surface area contributed by atoms with Crippen LogP contribution in [0.15, 0.2) is 24.3 Å². The summed E-state index contributed by atoms with van der Waals surface area (Å²) in [6.45, 7) is 0.737. The van der Waals surface area contributed by atoms with E-state index in [2.05, 4.69) is 0 Å². The molecule has 0 spiro atoms. The predicted molar refractivity (Wildman–Crippen MR) is 53.6 cm³/mol. The van der Waals surface area contributed by atoms with E-state index >= 15 is 0 Å². The molecule has 3 heteroatoms. The lowest BCUT2D eigenvalue weighted by molar-refractivity contribution is 0.0697. The lowest BCUT2D eigenvalue weighted by atomic mass is 10.1. The summed E-state index contributed by atoms with van der Waals surface area (Å²) in [7, 11) is 1.67. The number of hydrogen-bond acceptors (Lipinski definition) is 2. The highest BCUT2D eigenvalue weighted by Crippen LogP contribution is 2.06. The number of carboxylic acids is 1. The average molecular weight is 194 g/mol. The first-order chi connectivity index (χ1) is 6.74. The van der Waals surface area contributed by atoms with Gasteiger partial charge in [0.15, 0.2) is 0 Å². The molecule has 0 fully saturated rings. The fraction of sp³-hybridized carbons (Fsp3) is 0.364. The summed E-state index contributed by atoms with van der Waals surface area (Å²) < 4.78 is 4.93. The Kier molecular flexibility index (Phi) is 4.13. The molecule has 1 N–H and O–H groups in total. The van der Waals surface area contributed by atoms with Gasteiger partial charge in [0.25, 0.3) is 0 Å². The Morgan fingerprint density at radius 1 is 1.36 bits per heavy atom. The van der Waals surface area contributed by atoms with Crippen LogP contribution in [0.1, 0.15) is 22.3 Å². The van der Waals surface area contributed by atoms with Crippen molar-refractivity contribution >= 4 is 5.97 Å². The van der Waals surface area contributed by atoms with Crippen molar-refractivity contribution in [1.29, 1.82) is 0 Å². The molecule has 0 saturated heterocycles. The van der Waals surface area contributed by atoms with Gasteiger partial charge in [0, 0.05) is 13.7 Å². The molecule has 1 aromatic carbocycles. The highest BCUT2D eigenvalue weighted by molar-refractivity contribution is 5.87. The van der Waals surface area contributed by atoms with Crippen LogP contribution in [0.3, 0.4) is 0 Å². The Morgan fingerprint density at radius 2 is 2.00 bits per heavy atom. The molecule has 0 amide bonds. The van der Waals surface area contributed by atoms with E-state index in [1.54, 1.807) is 19.2 Å². The minimum atomic E-state index is -0.881. The van der Waals surface area contributed by atoms with Gasteiger partial charge in [-0.2, -0.15) is 0 Å². The molecule has 1 rings (SSSR count). The van der Waals surface area contributed by atoms with Crippen molar-refractivity contribution < 1.29 is 14.6 Å². The molecule has 0 aliphatic rings. The van der Waals surface area contributed by atoms with E-state index in [0.717, 1.165) is 25.0 Å². The number of aryl methyl sites for hydroxylation is 1. The van der Waals surface area contributed by atoms with Crippen molar-refractivity contribution in [3.63, 3.8) is 0 Å². The maximum absolute atomic E-state index is 10.6. The Labute approximate surface area is 83.3 Å². The number of ether oxygens (including phenoxy) is 1. The summed E-state index contributed by atoms with van der Waals surface area (Å²) in [5.41, 5.74) is 1.48. The standard InChI is InChI=1S/C11H14O3/c1-14-8-2-3-9-4-6-10(7-5-9)11(12)13/h4-7H,2-3,8H2,1H3,(H,12,13). The number of carboxylic acid groups (broad SMARTS) is 1. The molecule has 0 bridgehead atoms. The molecule has 0 heterocycles. The summed E-state index contributed by atoms with van der Waals surface area (Å²) >= 11 is 0. The van der Waals surface area contributed by atoms with Crippen molar-refractivity contribution in [3.8, 4) is 0 Å². The topological polar surface area (TPSA) is 46.5 Å². The molecule has 0 radical (unpaired) electrons. The third-order valence-corrected chi connectivity index (χ3v) is 2.01. The fourth-order valence-corrected chi connectivity index (χ4v) is 1.23. The van der Waals surface area contributed by atoms with Crippen molar-refractivity contribution in [3.05, 3.63) is 35.4 Å². The molecule has 0 aliphatic heterocycles. The largest absolute Gasteiger partial charge is 0.478 e. The van der Waals surface area contributed by atoms with Crippen LogP contribution in [0.4, 0.5) is 0 Å². The monoisotopic (exact) mass is 194 g/mol. The van der Waals surface area contributed by atoms with Gasteiger partial charge in [-0.1, -0.05) is 12.1 Å². The number of aromatic carboxylic acids is 1. The van der Waals surface area contributed by atoms with Gasteiger partial charge < -0.3 is 9.84 Å². The summed E-state index contributed by atoms with van der Waals surface area (Å²) in [4.78, 5) is 10.6. The maximum Gasteiger partial charge on any atom is 0.335 e. The number of hydrogen-bond donors (Lipinski definition) is 1. The minimum absolute atomic E-state index is 0.334. The zero-order chi connectivity index (χ0) is 10.4.